The first-order valence-electron chi connectivity index (χ1n) is 10.6. The van der Waals surface area contributed by atoms with E-state index in [9.17, 15) is 9.59 Å². The molecule has 4 aromatic rings. The summed E-state index contributed by atoms with van der Waals surface area (Å²) in [4.78, 5) is 31.8. The molecule has 3 heterocycles. The van der Waals surface area contributed by atoms with E-state index in [4.69, 9.17) is 4.42 Å². The predicted molar refractivity (Wildman–Crippen MR) is 122 cm³/mol. The number of nitrogens with one attached hydrogen (secondary N) is 1. The number of furan rings is 1. The number of benzene rings is 1. The number of aryl methyl sites for hydroxylation is 1. The number of fused-ring (bicyclic) bond motifs is 1. The smallest absolute Gasteiger partial charge is 0.272 e. The molecule has 0 saturated heterocycles. The maximum atomic E-state index is 13.2. The van der Waals surface area contributed by atoms with Gasteiger partial charge in [-0.05, 0) is 42.7 Å². The molecular formula is C25H26N4O3. The van der Waals surface area contributed by atoms with Crippen LogP contribution in [0, 0.1) is 0 Å². The van der Waals surface area contributed by atoms with Crippen molar-refractivity contribution in [3.8, 4) is 0 Å². The lowest BCUT2D eigenvalue weighted by atomic mass is 10.0. The van der Waals surface area contributed by atoms with Crippen molar-refractivity contribution >= 4 is 22.9 Å². The molecule has 164 valence electrons. The van der Waals surface area contributed by atoms with Gasteiger partial charge in [-0.3, -0.25) is 9.59 Å². The molecule has 3 aromatic heterocycles. The summed E-state index contributed by atoms with van der Waals surface area (Å²) in [6.07, 6.45) is 4.69. The highest BCUT2D eigenvalue weighted by molar-refractivity contribution is 5.94. The van der Waals surface area contributed by atoms with Crippen molar-refractivity contribution in [1.29, 1.82) is 0 Å². The lowest BCUT2D eigenvalue weighted by molar-refractivity contribution is 0.0717. The van der Waals surface area contributed by atoms with Gasteiger partial charge in [-0.25, -0.2) is 4.98 Å². The number of nitrogens with zero attached hydrogens (tertiary/aromatic N) is 3. The van der Waals surface area contributed by atoms with Gasteiger partial charge in [0.1, 0.15) is 16.9 Å². The van der Waals surface area contributed by atoms with Gasteiger partial charge >= 0.3 is 0 Å². The monoisotopic (exact) mass is 430 g/mol. The van der Waals surface area contributed by atoms with Crippen molar-refractivity contribution in [1.82, 2.24) is 19.8 Å². The standard InChI is InChI=1S/C25H26N4O3/c1-28-15-6-9-22(28)24(30)26-14-12-19(17-18-7-4-3-5-8-18)29(2)25(31)21-10-11-23-20(27-21)13-16-32-23/h3-11,13,15-16,19H,12,14,17H2,1-2H3,(H,26,30). The van der Waals surface area contributed by atoms with Gasteiger partial charge in [0.2, 0.25) is 0 Å². The van der Waals surface area contributed by atoms with E-state index in [0.717, 1.165) is 5.56 Å². The molecule has 0 spiro atoms. The maximum Gasteiger partial charge on any atom is 0.272 e. The van der Waals surface area contributed by atoms with Crippen molar-refractivity contribution < 1.29 is 14.0 Å². The normalized spacial score (nSPS) is 11.9. The van der Waals surface area contributed by atoms with Crippen LogP contribution in [0.2, 0.25) is 0 Å². The highest BCUT2D eigenvalue weighted by atomic mass is 16.3. The quantitative estimate of drug-likeness (QED) is 0.463. The zero-order valence-corrected chi connectivity index (χ0v) is 18.2. The molecule has 1 atom stereocenters. The second-order valence-corrected chi connectivity index (χ2v) is 7.81. The number of aromatic nitrogens is 2. The van der Waals surface area contributed by atoms with E-state index in [-0.39, 0.29) is 17.9 Å². The third-order valence-electron chi connectivity index (χ3n) is 5.65. The second kappa shape index (κ2) is 9.51. The highest BCUT2D eigenvalue weighted by Gasteiger charge is 2.23. The Morgan fingerprint density at radius 1 is 1.09 bits per heavy atom. The number of rotatable bonds is 8. The van der Waals surface area contributed by atoms with Gasteiger partial charge in [-0.2, -0.15) is 0 Å². The molecule has 2 amide bonds. The van der Waals surface area contributed by atoms with Crippen LogP contribution in [0.15, 0.2) is 77.5 Å². The first-order chi connectivity index (χ1) is 15.5. The summed E-state index contributed by atoms with van der Waals surface area (Å²) in [6.45, 7) is 0.452. The molecule has 32 heavy (non-hydrogen) atoms. The fourth-order valence-corrected chi connectivity index (χ4v) is 3.78. The molecule has 0 aliphatic heterocycles. The number of carbonyl (C=O) groups excluding carboxylic acids is 2. The first kappa shape index (κ1) is 21.4. The molecule has 0 radical (unpaired) electrons. The molecule has 0 aliphatic rings. The molecule has 0 fully saturated rings. The average Bonchev–Trinajstić information content (AvgIpc) is 3.46. The zero-order valence-electron chi connectivity index (χ0n) is 18.2. The number of carbonyl (C=O) groups is 2. The second-order valence-electron chi connectivity index (χ2n) is 7.81. The Balaban J connectivity index is 1.48. The molecular weight excluding hydrogens is 404 g/mol. The Bertz CT molecular complexity index is 1210. The Morgan fingerprint density at radius 2 is 1.91 bits per heavy atom. The van der Waals surface area contributed by atoms with Crippen LogP contribution in [0.5, 0.6) is 0 Å². The Kier molecular flexibility index (Phi) is 6.35. The van der Waals surface area contributed by atoms with Crippen LogP contribution >= 0.6 is 0 Å². The zero-order chi connectivity index (χ0) is 22.5. The lowest BCUT2D eigenvalue weighted by Gasteiger charge is -2.28. The molecule has 4 rings (SSSR count). The summed E-state index contributed by atoms with van der Waals surface area (Å²) in [6, 6.07) is 18.7. The molecule has 1 N–H and O–H groups in total. The van der Waals surface area contributed by atoms with Crippen molar-refractivity contribution in [3.63, 3.8) is 0 Å². The van der Waals surface area contributed by atoms with Gasteiger partial charge in [-0.15, -0.1) is 0 Å². The number of likely N-dealkylation sites (N-methyl/N-ethyl adjacent to an activating group) is 1. The van der Waals surface area contributed by atoms with E-state index in [2.05, 4.69) is 10.3 Å². The Morgan fingerprint density at radius 3 is 2.66 bits per heavy atom. The van der Waals surface area contributed by atoms with Gasteiger partial charge in [0.05, 0.1) is 6.26 Å². The topological polar surface area (TPSA) is 80.4 Å². The predicted octanol–water partition coefficient (Wildman–Crippen LogP) is 3.67. The van der Waals surface area contributed by atoms with E-state index < -0.39 is 0 Å². The molecule has 1 aromatic carbocycles. The summed E-state index contributed by atoms with van der Waals surface area (Å²) >= 11 is 0. The number of amides is 2. The molecule has 0 aliphatic carbocycles. The highest BCUT2D eigenvalue weighted by Crippen LogP contribution is 2.17. The summed E-state index contributed by atoms with van der Waals surface area (Å²) in [5, 5.41) is 2.97. The third kappa shape index (κ3) is 4.72. The number of hydrogen-bond donors (Lipinski definition) is 1. The maximum absolute atomic E-state index is 13.2. The largest absolute Gasteiger partial charge is 0.463 e. The van der Waals surface area contributed by atoms with Gasteiger partial charge in [0.15, 0.2) is 5.58 Å². The lowest BCUT2D eigenvalue weighted by Crippen LogP contribution is -2.41. The van der Waals surface area contributed by atoms with Crippen molar-refractivity contribution in [2.75, 3.05) is 13.6 Å². The molecule has 7 heteroatoms. The summed E-state index contributed by atoms with van der Waals surface area (Å²) < 4.78 is 7.11. The van der Waals surface area contributed by atoms with E-state index in [0.29, 0.717) is 41.9 Å². The van der Waals surface area contributed by atoms with E-state index in [1.54, 1.807) is 47.0 Å². The Hall–Kier alpha value is -3.87. The van der Waals surface area contributed by atoms with E-state index in [1.165, 1.54) is 0 Å². The van der Waals surface area contributed by atoms with Crippen molar-refractivity contribution in [3.05, 3.63) is 90.1 Å². The van der Waals surface area contributed by atoms with E-state index in [1.807, 2.05) is 49.6 Å². The first-order valence-corrected chi connectivity index (χ1v) is 10.6. The molecule has 0 saturated carbocycles. The van der Waals surface area contributed by atoms with Gasteiger partial charge in [0, 0.05) is 38.9 Å². The van der Waals surface area contributed by atoms with Crippen LogP contribution in [0.1, 0.15) is 33.0 Å². The van der Waals surface area contributed by atoms with Crippen LogP contribution in [-0.4, -0.2) is 45.9 Å². The van der Waals surface area contributed by atoms with Crippen molar-refractivity contribution in [2.24, 2.45) is 7.05 Å². The molecule has 0 bridgehead atoms. The fourth-order valence-electron chi connectivity index (χ4n) is 3.78. The SMILES string of the molecule is CN(C(=O)c1ccc2occc2n1)C(CCNC(=O)c1cccn1C)Cc1ccccc1. The molecule has 7 nitrogen and oxygen atoms in total. The van der Waals surface area contributed by atoms with Crippen LogP contribution in [0.3, 0.4) is 0 Å². The number of pyridine rings is 1. The van der Waals surface area contributed by atoms with Crippen LogP contribution in [-0.2, 0) is 13.5 Å². The molecule has 1 unspecified atom stereocenters. The number of hydrogen-bond acceptors (Lipinski definition) is 4. The van der Waals surface area contributed by atoms with Gasteiger partial charge in [-0.1, -0.05) is 30.3 Å². The van der Waals surface area contributed by atoms with Crippen LogP contribution in [0.25, 0.3) is 11.1 Å². The van der Waals surface area contributed by atoms with Crippen molar-refractivity contribution in [2.45, 2.75) is 18.9 Å². The van der Waals surface area contributed by atoms with E-state index >= 15 is 0 Å². The van der Waals surface area contributed by atoms with Gasteiger partial charge in [0.25, 0.3) is 11.8 Å². The minimum atomic E-state index is -0.164. The van der Waals surface area contributed by atoms with Crippen LogP contribution in [0.4, 0.5) is 0 Å². The summed E-state index contributed by atoms with van der Waals surface area (Å²) in [5.41, 5.74) is 3.40. The van der Waals surface area contributed by atoms with Gasteiger partial charge < -0.3 is 19.2 Å². The Labute approximate surface area is 186 Å². The van der Waals surface area contributed by atoms with Crippen LogP contribution < -0.4 is 5.32 Å². The fraction of sp³-hybridized carbons (Fsp3) is 0.240. The average molecular weight is 431 g/mol. The third-order valence-corrected chi connectivity index (χ3v) is 5.65. The minimum Gasteiger partial charge on any atom is -0.463 e. The summed E-state index contributed by atoms with van der Waals surface area (Å²) in [5.74, 6) is -0.292. The summed E-state index contributed by atoms with van der Waals surface area (Å²) in [7, 11) is 3.62. The minimum absolute atomic E-state index is 0.111.